The summed E-state index contributed by atoms with van der Waals surface area (Å²) in [6.07, 6.45) is 1.31. The molecule has 0 saturated carbocycles. The molecule has 2 N–H and O–H groups in total. The summed E-state index contributed by atoms with van der Waals surface area (Å²) in [4.78, 5) is 26.0. The molecule has 1 unspecified atom stereocenters. The molecular formula is C19H19ClN2O4. The molecule has 1 fully saturated rings. The van der Waals surface area contributed by atoms with Gasteiger partial charge in [0.05, 0.1) is 11.4 Å². The van der Waals surface area contributed by atoms with Crippen LogP contribution in [0.4, 0.5) is 11.4 Å². The highest BCUT2D eigenvalue weighted by Gasteiger charge is 2.58. The number of rotatable bonds is 5. The fourth-order valence-corrected chi connectivity index (χ4v) is 3.04. The highest BCUT2D eigenvalue weighted by molar-refractivity contribution is 6.31. The van der Waals surface area contributed by atoms with Crippen molar-refractivity contribution in [2.75, 3.05) is 10.0 Å². The largest absolute Gasteiger partial charge is 0.508 e. The maximum atomic E-state index is 13.0. The van der Waals surface area contributed by atoms with Gasteiger partial charge in [0, 0.05) is 5.02 Å². The number of hydrazine groups is 1. The van der Waals surface area contributed by atoms with Crippen LogP contribution in [0.3, 0.4) is 0 Å². The van der Waals surface area contributed by atoms with E-state index in [9.17, 15) is 19.8 Å². The summed E-state index contributed by atoms with van der Waals surface area (Å²) in [5.74, 6) is -1.38. The number of hydrogen-bond acceptors (Lipinski definition) is 4. The first-order valence-corrected chi connectivity index (χ1v) is 8.72. The zero-order chi connectivity index (χ0) is 18.9. The molecule has 0 bridgehead atoms. The van der Waals surface area contributed by atoms with Gasteiger partial charge in [-0.2, -0.15) is 0 Å². The summed E-state index contributed by atoms with van der Waals surface area (Å²) in [6, 6.07) is 12.3. The van der Waals surface area contributed by atoms with E-state index in [-0.39, 0.29) is 12.2 Å². The minimum Gasteiger partial charge on any atom is -0.508 e. The predicted molar refractivity (Wildman–Crippen MR) is 99.0 cm³/mol. The zero-order valence-electron chi connectivity index (χ0n) is 14.2. The number of phenols is 1. The number of phenolic OH excluding ortho intramolecular Hbond substituents is 1. The van der Waals surface area contributed by atoms with Crippen molar-refractivity contribution in [2.45, 2.75) is 31.8 Å². The average molecular weight is 375 g/mol. The third-order valence-corrected chi connectivity index (χ3v) is 4.60. The Bertz CT molecular complexity index is 757. The summed E-state index contributed by atoms with van der Waals surface area (Å²) in [5, 5.41) is 23.2. The minimum absolute atomic E-state index is 0.0333. The smallest absolute Gasteiger partial charge is 0.288 e. The lowest BCUT2D eigenvalue weighted by atomic mass is 9.96. The van der Waals surface area contributed by atoms with Crippen molar-refractivity contribution < 1.29 is 19.8 Å². The van der Waals surface area contributed by atoms with Crippen molar-refractivity contribution >= 4 is 34.8 Å². The highest BCUT2D eigenvalue weighted by atomic mass is 35.5. The van der Waals surface area contributed by atoms with E-state index in [2.05, 4.69) is 0 Å². The lowest BCUT2D eigenvalue weighted by Crippen LogP contribution is -2.44. The van der Waals surface area contributed by atoms with Gasteiger partial charge in [-0.1, -0.05) is 24.9 Å². The first-order valence-electron chi connectivity index (χ1n) is 8.34. The van der Waals surface area contributed by atoms with Crippen LogP contribution < -0.4 is 10.0 Å². The zero-order valence-corrected chi connectivity index (χ0v) is 15.0. The van der Waals surface area contributed by atoms with Crippen molar-refractivity contribution in [1.29, 1.82) is 0 Å². The van der Waals surface area contributed by atoms with Crippen LogP contribution in [0.25, 0.3) is 0 Å². The van der Waals surface area contributed by atoms with E-state index in [1.165, 1.54) is 24.3 Å². The number of anilines is 2. The van der Waals surface area contributed by atoms with Crippen molar-refractivity contribution in [3.63, 3.8) is 0 Å². The number of benzene rings is 2. The molecule has 6 nitrogen and oxygen atoms in total. The molecule has 1 heterocycles. The first kappa shape index (κ1) is 18.2. The Balaban J connectivity index is 2.10. The number of aliphatic hydroxyl groups is 1. The summed E-state index contributed by atoms with van der Waals surface area (Å²) in [6.45, 7) is 1.92. The van der Waals surface area contributed by atoms with Crippen LogP contribution in [-0.4, -0.2) is 27.6 Å². The van der Waals surface area contributed by atoms with E-state index in [0.29, 0.717) is 22.8 Å². The van der Waals surface area contributed by atoms with Gasteiger partial charge in [-0.3, -0.25) is 9.59 Å². The molecule has 0 aromatic heterocycles. The molecule has 1 aliphatic rings. The second-order valence-electron chi connectivity index (χ2n) is 6.19. The fraction of sp³-hybridized carbons (Fsp3) is 0.263. The van der Waals surface area contributed by atoms with Gasteiger partial charge < -0.3 is 10.2 Å². The Kier molecular flexibility index (Phi) is 4.89. The van der Waals surface area contributed by atoms with E-state index < -0.39 is 17.4 Å². The van der Waals surface area contributed by atoms with Crippen LogP contribution in [0.1, 0.15) is 26.2 Å². The second-order valence-corrected chi connectivity index (χ2v) is 6.63. The molecule has 2 aromatic carbocycles. The topological polar surface area (TPSA) is 81.1 Å². The van der Waals surface area contributed by atoms with E-state index in [4.69, 9.17) is 11.6 Å². The molecule has 2 amide bonds. The number of unbranched alkanes of at least 4 members (excludes halogenated alkanes) is 1. The summed E-state index contributed by atoms with van der Waals surface area (Å²) in [5.41, 5.74) is -1.34. The molecule has 0 aliphatic carbocycles. The van der Waals surface area contributed by atoms with Crippen LogP contribution in [0, 0.1) is 0 Å². The molecular weight excluding hydrogens is 356 g/mol. The molecule has 0 radical (unpaired) electrons. The third-order valence-electron chi connectivity index (χ3n) is 4.35. The second kappa shape index (κ2) is 6.97. The normalized spacial score (nSPS) is 20.1. The van der Waals surface area contributed by atoms with Gasteiger partial charge in [-0.15, -0.1) is 0 Å². The molecule has 26 heavy (non-hydrogen) atoms. The lowest BCUT2D eigenvalue weighted by molar-refractivity contribution is -0.145. The Morgan fingerprint density at radius 2 is 1.38 bits per heavy atom. The van der Waals surface area contributed by atoms with Gasteiger partial charge in [0.15, 0.2) is 0 Å². The van der Waals surface area contributed by atoms with Gasteiger partial charge in [0.2, 0.25) is 5.60 Å². The molecule has 1 atom stereocenters. The SMILES string of the molecule is CCCCC1(O)C(=O)N(c2ccc(O)cc2)N(c2ccc(Cl)cc2)C1=O. The van der Waals surface area contributed by atoms with Crippen LogP contribution in [0.15, 0.2) is 48.5 Å². The quantitative estimate of drug-likeness (QED) is 0.787. The van der Waals surface area contributed by atoms with Crippen molar-refractivity contribution in [1.82, 2.24) is 0 Å². The minimum atomic E-state index is -2.12. The Morgan fingerprint density at radius 1 is 0.923 bits per heavy atom. The molecule has 7 heteroatoms. The monoisotopic (exact) mass is 374 g/mol. The molecule has 1 saturated heterocycles. The Morgan fingerprint density at radius 3 is 1.85 bits per heavy atom. The summed E-state index contributed by atoms with van der Waals surface area (Å²) in [7, 11) is 0. The fourth-order valence-electron chi connectivity index (χ4n) is 2.91. The van der Waals surface area contributed by atoms with E-state index in [0.717, 1.165) is 16.4 Å². The van der Waals surface area contributed by atoms with Gasteiger partial charge >= 0.3 is 0 Å². The number of aromatic hydroxyl groups is 1. The standard InChI is InChI=1S/C19H19ClN2O4/c1-2-3-12-19(26)17(24)21(14-6-4-13(20)5-7-14)22(18(19)25)15-8-10-16(23)11-9-15/h4-11,23,26H,2-3,12H2,1H3. The molecule has 3 rings (SSSR count). The van der Waals surface area contributed by atoms with E-state index >= 15 is 0 Å². The number of carbonyl (C=O) groups excluding carboxylic acids is 2. The number of amides is 2. The van der Waals surface area contributed by atoms with Crippen molar-refractivity contribution in [3.8, 4) is 5.75 Å². The first-order chi connectivity index (χ1) is 12.4. The van der Waals surface area contributed by atoms with Crippen LogP contribution in [-0.2, 0) is 9.59 Å². The molecule has 136 valence electrons. The molecule has 1 aliphatic heterocycles. The van der Waals surface area contributed by atoms with Crippen LogP contribution >= 0.6 is 11.6 Å². The number of halogens is 1. The highest BCUT2D eigenvalue weighted by Crippen LogP contribution is 2.37. The number of hydrogen-bond donors (Lipinski definition) is 2. The number of nitrogens with zero attached hydrogens (tertiary/aromatic N) is 2. The van der Waals surface area contributed by atoms with Crippen molar-refractivity contribution in [3.05, 3.63) is 53.6 Å². The third kappa shape index (κ3) is 3.02. The van der Waals surface area contributed by atoms with Crippen LogP contribution in [0.5, 0.6) is 5.75 Å². The van der Waals surface area contributed by atoms with E-state index in [1.807, 2.05) is 6.92 Å². The van der Waals surface area contributed by atoms with Crippen LogP contribution in [0.2, 0.25) is 5.02 Å². The number of carbonyl (C=O) groups is 2. The van der Waals surface area contributed by atoms with Gasteiger partial charge in [-0.25, -0.2) is 10.0 Å². The molecule has 0 spiro atoms. The average Bonchev–Trinajstić information content (AvgIpc) is 2.83. The Hall–Kier alpha value is -2.57. The van der Waals surface area contributed by atoms with E-state index in [1.54, 1.807) is 24.3 Å². The maximum Gasteiger partial charge on any atom is 0.288 e. The molecule has 2 aromatic rings. The van der Waals surface area contributed by atoms with Gasteiger partial charge in [0.1, 0.15) is 5.75 Å². The van der Waals surface area contributed by atoms with Gasteiger partial charge in [0.25, 0.3) is 11.8 Å². The predicted octanol–water partition coefficient (Wildman–Crippen LogP) is 3.26. The maximum absolute atomic E-state index is 13.0. The Labute approximate surface area is 156 Å². The summed E-state index contributed by atoms with van der Waals surface area (Å²) < 4.78 is 0. The van der Waals surface area contributed by atoms with Gasteiger partial charge in [-0.05, 0) is 61.4 Å². The lowest BCUT2D eigenvalue weighted by Gasteiger charge is -2.27. The van der Waals surface area contributed by atoms with Crippen molar-refractivity contribution in [2.24, 2.45) is 0 Å². The summed E-state index contributed by atoms with van der Waals surface area (Å²) >= 11 is 5.92.